The zero-order chi connectivity index (χ0) is 11.1. The van der Waals surface area contributed by atoms with Gasteiger partial charge in [0.15, 0.2) is 17.5 Å². The molecular weight excluding hydrogens is 219 g/mol. The molecule has 0 amide bonds. The Morgan fingerprint density at radius 2 is 1.71 bits per heavy atom. The van der Waals surface area contributed by atoms with Crippen LogP contribution in [0.5, 0.6) is 0 Å². The van der Waals surface area contributed by atoms with Gasteiger partial charge in [0, 0.05) is 5.56 Å². The molecule has 3 nitrogen and oxygen atoms in total. The van der Waals surface area contributed by atoms with Gasteiger partial charge in [0.25, 0.3) is 0 Å². The average Bonchev–Trinajstić information content (AvgIpc) is 2.06. The summed E-state index contributed by atoms with van der Waals surface area (Å²) in [6, 6.07) is 0.350. The molecule has 0 fully saturated rings. The van der Waals surface area contributed by atoms with E-state index in [0.29, 0.717) is 6.07 Å². The highest BCUT2D eigenvalue weighted by Crippen LogP contribution is 2.21. The van der Waals surface area contributed by atoms with E-state index in [-0.39, 0.29) is 0 Å². The van der Waals surface area contributed by atoms with E-state index in [1.807, 2.05) is 0 Å². The molecule has 14 heavy (non-hydrogen) atoms. The van der Waals surface area contributed by atoms with E-state index in [2.05, 4.69) is 5.14 Å². The topological polar surface area (TPSA) is 60.2 Å². The van der Waals surface area contributed by atoms with Gasteiger partial charge in [0.05, 0.1) is 4.90 Å². The molecule has 78 valence electrons. The van der Waals surface area contributed by atoms with Crippen LogP contribution >= 0.6 is 0 Å². The number of hydrogen-bond donors (Lipinski definition) is 1. The summed E-state index contributed by atoms with van der Waals surface area (Å²) >= 11 is 0. The summed E-state index contributed by atoms with van der Waals surface area (Å²) in [4.78, 5) is -0.756. The summed E-state index contributed by atoms with van der Waals surface area (Å²) in [5.74, 6) is -4.85. The highest BCUT2D eigenvalue weighted by molar-refractivity contribution is 7.89. The van der Waals surface area contributed by atoms with Gasteiger partial charge in [-0.15, -0.1) is 0 Å². The lowest BCUT2D eigenvalue weighted by Crippen LogP contribution is -2.15. The third-order valence-corrected chi connectivity index (χ3v) is 2.70. The average molecular weight is 225 g/mol. The maximum Gasteiger partial charge on any atom is 0.238 e. The highest BCUT2D eigenvalue weighted by Gasteiger charge is 2.21. The minimum atomic E-state index is -4.24. The van der Waals surface area contributed by atoms with Crippen LogP contribution in [0.2, 0.25) is 0 Å². The first kappa shape index (κ1) is 11.0. The first-order valence-electron chi connectivity index (χ1n) is 3.42. The van der Waals surface area contributed by atoms with Gasteiger partial charge in [-0.3, -0.25) is 0 Å². The molecule has 0 aliphatic heterocycles. The Morgan fingerprint density at radius 3 is 2.14 bits per heavy atom. The van der Waals surface area contributed by atoms with E-state index in [0.717, 1.165) is 6.92 Å². The van der Waals surface area contributed by atoms with Crippen molar-refractivity contribution in [1.82, 2.24) is 0 Å². The molecular formula is C7H6F3NO2S. The van der Waals surface area contributed by atoms with E-state index in [1.165, 1.54) is 0 Å². The molecule has 0 unspecified atom stereocenters. The van der Waals surface area contributed by atoms with E-state index < -0.39 is 37.9 Å². The van der Waals surface area contributed by atoms with Crippen LogP contribution in [0.15, 0.2) is 11.0 Å². The molecule has 0 aliphatic rings. The molecule has 0 atom stereocenters. The van der Waals surface area contributed by atoms with Gasteiger partial charge in [0.2, 0.25) is 10.0 Å². The predicted octanol–water partition coefficient (Wildman–Crippen LogP) is 1.06. The molecule has 1 rings (SSSR count). The molecule has 0 saturated heterocycles. The van der Waals surface area contributed by atoms with Crippen molar-refractivity contribution in [2.75, 3.05) is 0 Å². The van der Waals surface area contributed by atoms with Gasteiger partial charge in [-0.2, -0.15) is 0 Å². The number of primary sulfonamides is 1. The van der Waals surface area contributed by atoms with Crippen LogP contribution in [0.4, 0.5) is 13.2 Å². The Hall–Kier alpha value is -1.08. The SMILES string of the molecule is Cc1c(S(N)(=O)=O)cc(F)c(F)c1F. The minimum Gasteiger partial charge on any atom is -0.225 e. The molecule has 2 N–H and O–H groups in total. The van der Waals surface area contributed by atoms with Crippen LogP contribution in [0.3, 0.4) is 0 Å². The molecule has 0 heterocycles. The molecule has 0 aromatic heterocycles. The quantitative estimate of drug-likeness (QED) is 0.726. The van der Waals surface area contributed by atoms with E-state index in [4.69, 9.17) is 0 Å². The smallest absolute Gasteiger partial charge is 0.225 e. The maximum atomic E-state index is 12.8. The molecule has 0 bridgehead atoms. The third-order valence-electron chi connectivity index (χ3n) is 1.67. The Morgan fingerprint density at radius 1 is 1.21 bits per heavy atom. The molecule has 0 radical (unpaired) electrons. The first-order chi connectivity index (χ1) is 6.25. The van der Waals surface area contributed by atoms with Gasteiger partial charge in [-0.1, -0.05) is 0 Å². The van der Waals surface area contributed by atoms with E-state index >= 15 is 0 Å². The molecule has 0 aliphatic carbocycles. The maximum absolute atomic E-state index is 12.8. The number of rotatable bonds is 1. The number of benzene rings is 1. The lowest BCUT2D eigenvalue weighted by atomic mass is 10.2. The zero-order valence-electron chi connectivity index (χ0n) is 7.01. The number of sulfonamides is 1. The lowest BCUT2D eigenvalue weighted by Gasteiger charge is -2.05. The fourth-order valence-corrected chi connectivity index (χ4v) is 1.74. The van der Waals surface area contributed by atoms with Crippen molar-refractivity contribution in [3.63, 3.8) is 0 Å². The van der Waals surface area contributed by atoms with Crippen molar-refractivity contribution in [3.05, 3.63) is 29.1 Å². The second-order valence-corrected chi connectivity index (χ2v) is 4.18. The molecule has 1 aromatic carbocycles. The highest BCUT2D eigenvalue weighted by atomic mass is 32.2. The summed E-state index contributed by atoms with van der Waals surface area (Å²) in [5, 5.41) is 4.66. The second kappa shape index (κ2) is 3.25. The van der Waals surface area contributed by atoms with Gasteiger partial charge in [0.1, 0.15) is 0 Å². The van der Waals surface area contributed by atoms with Crippen LogP contribution in [-0.2, 0) is 10.0 Å². The van der Waals surface area contributed by atoms with Gasteiger partial charge >= 0.3 is 0 Å². The molecule has 0 saturated carbocycles. The molecule has 0 spiro atoms. The normalized spacial score (nSPS) is 11.8. The van der Waals surface area contributed by atoms with Gasteiger partial charge in [-0.25, -0.2) is 26.7 Å². The van der Waals surface area contributed by atoms with Crippen LogP contribution in [0.25, 0.3) is 0 Å². The van der Waals surface area contributed by atoms with Crippen molar-refractivity contribution < 1.29 is 21.6 Å². The predicted molar refractivity (Wildman–Crippen MR) is 42.4 cm³/mol. The largest absolute Gasteiger partial charge is 0.238 e. The van der Waals surface area contributed by atoms with Crippen LogP contribution in [0, 0.1) is 24.4 Å². The Labute approximate surface area is 78.4 Å². The summed E-state index contributed by atoms with van der Waals surface area (Å²) in [6.07, 6.45) is 0. The summed E-state index contributed by atoms with van der Waals surface area (Å²) in [6.45, 7) is 0.998. The lowest BCUT2D eigenvalue weighted by molar-refractivity contribution is 0.438. The van der Waals surface area contributed by atoms with Crippen LogP contribution in [0.1, 0.15) is 5.56 Å². The Bertz CT molecular complexity index is 484. The minimum absolute atomic E-state index is 0.350. The van der Waals surface area contributed by atoms with Crippen molar-refractivity contribution in [3.8, 4) is 0 Å². The Balaban J connectivity index is 3.66. The van der Waals surface area contributed by atoms with Crippen molar-refractivity contribution in [2.24, 2.45) is 5.14 Å². The van der Waals surface area contributed by atoms with Crippen LogP contribution in [-0.4, -0.2) is 8.42 Å². The monoisotopic (exact) mass is 225 g/mol. The number of nitrogens with two attached hydrogens (primary N) is 1. The number of hydrogen-bond acceptors (Lipinski definition) is 2. The van der Waals surface area contributed by atoms with Gasteiger partial charge < -0.3 is 0 Å². The number of halogens is 3. The third kappa shape index (κ3) is 1.73. The van der Waals surface area contributed by atoms with Gasteiger partial charge in [-0.05, 0) is 13.0 Å². The summed E-state index contributed by atoms with van der Waals surface area (Å²) in [5.41, 5.74) is -0.536. The Kier molecular flexibility index (Phi) is 2.55. The fourth-order valence-electron chi connectivity index (χ4n) is 0.960. The van der Waals surface area contributed by atoms with E-state index in [1.54, 1.807) is 0 Å². The summed E-state index contributed by atoms with van der Waals surface area (Å²) in [7, 11) is -4.24. The van der Waals surface area contributed by atoms with E-state index in [9.17, 15) is 21.6 Å². The van der Waals surface area contributed by atoms with Crippen molar-refractivity contribution in [2.45, 2.75) is 11.8 Å². The first-order valence-corrected chi connectivity index (χ1v) is 4.96. The standard InChI is InChI=1S/C7H6F3NO2S/c1-3-5(14(11,12)13)2-4(8)7(10)6(3)9/h2H,1H3,(H2,11,12,13). The van der Waals surface area contributed by atoms with Crippen molar-refractivity contribution >= 4 is 10.0 Å². The molecule has 1 aromatic rings. The fraction of sp³-hybridized carbons (Fsp3) is 0.143. The van der Waals surface area contributed by atoms with Crippen LogP contribution < -0.4 is 5.14 Å². The summed E-state index contributed by atoms with van der Waals surface area (Å²) < 4.78 is 59.6. The zero-order valence-corrected chi connectivity index (χ0v) is 7.83. The van der Waals surface area contributed by atoms with Crippen molar-refractivity contribution in [1.29, 1.82) is 0 Å². The second-order valence-electron chi connectivity index (χ2n) is 2.65. The molecule has 7 heteroatoms.